The Morgan fingerprint density at radius 1 is 1.11 bits per heavy atom. The molecule has 0 saturated carbocycles. The molecular formula is C27H28ClF2N3O4. The molecular weight excluding hydrogens is 504 g/mol. The molecule has 4 rings (SSSR count). The first-order valence-electron chi connectivity index (χ1n) is 11.8. The third-order valence-electron chi connectivity index (χ3n) is 5.80. The van der Waals surface area contributed by atoms with Crippen LogP contribution in [0, 0.1) is 0 Å². The highest BCUT2D eigenvalue weighted by atomic mass is 35.5. The number of ether oxygens (including phenoxy) is 2. The molecule has 0 aliphatic carbocycles. The first-order chi connectivity index (χ1) is 17.4. The van der Waals surface area contributed by atoms with Gasteiger partial charge in [-0.3, -0.25) is 9.78 Å². The van der Waals surface area contributed by atoms with Gasteiger partial charge in [-0.15, -0.1) is 0 Å². The lowest BCUT2D eigenvalue weighted by Crippen LogP contribution is -2.40. The minimum absolute atomic E-state index is 0.103. The molecule has 2 aromatic heterocycles. The van der Waals surface area contributed by atoms with Gasteiger partial charge in [0.25, 0.3) is 11.5 Å². The molecule has 7 nitrogen and oxygen atoms in total. The molecule has 0 fully saturated rings. The maximum atomic E-state index is 15.3. The van der Waals surface area contributed by atoms with Crippen LogP contribution < -0.4 is 10.3 Å². The van der Waals surface area contributed by atoms with Gasteiger partial charge in [-0.2, -0.15) is 8.78 Å². The molecule has 0 saturated heterocycles. The third-order valence-corrected chi connectivity index (χ3v) is 6.03. The minimum Gasteiger partial charge on any atom is -0.487 e. The zero-order chi connectivity index (χ0) is 26.8. The number of aromatic nitrogens is 2. The first-order valence-corrected chi connectivity index (χ1v) is 12.2. The van der Waals surface area contributed by atoms with Gasteiger partial charge in [0.2, 0.25) is 0 Å². The van der Waals surface area contributed by atoms with Crippen molar-refractivity contribution in [3.05, 3.63) is 92.6 Å². The van der Waals surface area contributed by atoms with Crippen molar-refractivity contribution in [2.75, 3.05) is 6.54 Å². The number of nitrogens with zero attached hydrogens (tertiary/aromatic N) is 3. The van der Waals surface area contributed by atoms with E-state index in [2.05, 4.69) is 4.98 Å². The number of carbonyl (C=O) groups excluding carboxylic acids is 1. The number of benzene rings is 1. The highest BCUT2D eigenvalue weighted by Gasteiger charge is 2.34. The van der Waals surface area contributed by atoms with Gasteiger partial charge in [0.15, 0.2) is 0 Å². The quantitative estimate of drug-likeness (QED) is 0.416. The number of halogens is 3. The SMILES string of the molecule is CC(C)(C)OC(=O)N1CCc2ccc(C(F)(F)Cn3ccc(OCc4ccc(Cl)cn4)cc3=O)cc2C1. The van der Waals surface area contributed by atoms with Crippen LogP contribution in [-0.2, 0) is 36.8 Å². The number of fused-ring (bicyclic) bond motifs is 1. The highest BCUT2D eigenvalue weighted by Crippen LogP contribution is 2.33. The summed E-state index contributed by atoms with van der Waals surface area (Å²) >= 11 is 5.81. The Labute approximate surface area is 218 Å². The van der Waals surface area contributed by atoms with Crippen molar-refractivity contribution in [3.8, 4) is 5.75 Å². The van der Waals surface area contributed by atoms with Crippen molar-refractivity contribution in [2.45, 2.75) is 58.4 Å². The summed E-state index contributed by atoms with van der Waals surface area (Å²) in [6, 6.07) is 10.4. The maximum Gasteiger partial charge on any atom is 0.410 e. The van der Waals surface area contributed by atoms with Crippen LogP contribution in [0.2, 0.25) is 5.02 Å². The number of carbonyl (C=O) groups is 1. The lowest BCUT2D eigenvalue weighted by Gasteiger charge is -2.31. The number of pyridine rings is 2. The lowest BCUT2D eigenvalue weighted by molar-refractivity contribution is -0.0233. The second-order valence-corrected chi connectivity index (χ2v) is 10.4. The van der Waals surface area contributed by atoms with E-state index < -0.39 is 29.7 Å². The molecule has 1 aliphatic rings. The van der Waals surface area contributed by atoms with Crippen LogP contribution in [0.15, 0.2) is 59.7 Å². The second kappa shape index (κ2) is 10.5. The smallest absolute Gasteiger partial charge is 0.410 e. The zero-order valence-electron chi connectivity index (χ0n) is 20.8. The van der Waals surface area contributed by atoms with Crippen molar-refractivity contribution in [1.29, 1.82) is 0 Å². The predicted octanol–water partition coefficient (Wildman–Crippen LogP) is 5.56. The molecule has 0 radical (unpaired) electrons. The maximum absolute atomic E-state index is 15.3. The molecule has 0 N–H and O–H groups in total. The number of hydrogen-bond acceptors (Lipinski definition) is 5. The molecule has 10 heteroatoms. The Morgan fingerprint density at radius 3 is 2.57 bits per heavy atom. The van der Waals surface area contributed by atoms with Gasteiger partial charge in [0, 0.05) is 37.1 Å². The number of hydrogen-bond donors (Lipinski definition) is 0. The first kappa shape index (κ1) is 26.6. The Kier molecular flexibility index (Phi) is 7.54. The highest BCUT2D eigenvalue weighted by molar-refractivity contribution is 6.30. The van der Waals surface area contributed by atoms with Crippen LogP contribution in [0.1, 0.15) is 43.2 Å². The molecule has 0 atom stereocenters. The molecule has 1 aromatic carbocycles. The average molecular weight is 532 g/mol. The summed E-state index contributed by atoms with van der Waals surface area (Å²) in [5.74, 6) is -3.07. The van der Waals surface area contributed by atoms with E-state index in [0.29, 0.717) is 29.2 Å². The minimum atomic E-state index is -3.32. The van der Waals surface area contributed by atoms with Crippen LogP contribution >= 0.6 is 11.6 Å². The summed E-state index contributed by atoms with van der Waals surface area (Å²) in [6.07, 6.45) is 2.84. The monoisotopic (exact) mass is 531 g/mol. The lowest BCUT2D eigenvalue weighted by atomic mass is 9.95. The van der Waals surface area contributed by atoms with Crippen molar-refractivity contribution in [3.63, 3.8) is 0 Å². The predicted molar refractivity (Wildman–Crippen MR) is 135 cm³/mol. The Hall–Kier alpha value is -3.46. The van der Waals surface area contributed by atoms with Crippen molar-refractivity contribution in [1.82, 2.24) is 14.5 Å². The fraction of sp³-hybridized carbons (Fsp3) is 0.370. The fourth-order valence-electron chi connectivity index (χ4n) is 3.93. The molecule has 37 heavy (non-hydrogen) atoms. The number of amides is 1. The van der Waals surface area contributed by atoms with Gasteiger partial charge in [0.1, 0.15) is 18.0 Å². The molecule has 196 valence electrons. The summed E-state index contributed by atoms with van der Waals surface area (Å²) in [7, 11) is 0. The van der Waals surface area contributed by atoms with Gasteiger partial charge in [-0.05, 0) is 62.6 Å². The van der Waals surface area contributed by atoms with Gasteiger partial charge in [-0.25, -0.2) is 4.79 Å². The Balaban J connectivity index is 1.44. The largest absolute Gasteiger partial charge is 0.487 e. The van der Waals surface area contributed by atoms with Crippen molar-refractivity contribution >= 4 is 17.7 Å². The Morgan fingerprint density at radius 2 is 1.89 bits per heavy atom. The van der Waals surface area contributed by atoms with Crippen LogP contribution in [0.3, 0.4) is 0 Å². The van der Waals surface area contributed by atoms with Gasteiger partial charge in [-0.1, -0.05) is 23.7 Å². The topological polar surface area (TPSA) is 73.7 Å². The normalized spacial score (nSPS) is 13.7. The van der Waals surface area contributed by atoms with Crippen LogP contribution in [0.5, 0.6) is 5.75 Å². The average Bonchev–Trinajstić information content (AvgIpc) is 2.83. The second-order valence-electron chi connectivity index (χ2n) is 9.92. The molecule has 0 unspecified atom stereocenters. The summed E-state index contributed by atoms with van der Waals surface area (Å²) in [5, 5.41) is 0.492. The number of rotatable bonds is 6. The van der Waals surface area contributed by atoms with E-state index >= 15 is 8.78 Å². The summed E-state index contributed by atoms with van der Waals surface area (Å²) in [6.45, 7) is 5.24. The van der Waals surface area contributed by atoms with E-state index in [1.807, 2.05) is 0 Å². The van der Waals surface area contributed by atoms with E-state index in [9.17, 15) is 9.59 Å². The standard InChI is InChI=1S/C27H28ClF2N3O4/c1-26(2,3)37-25(35)32-10-8-18-4-5-20(12-19(18)15-32)27(29,30)17-33-11-9-23(13-24(33)34)36-16-22-7-6-21(28)14-31-22/h4-7,9,11-14H,8,10,15-17H2,1-3H3. The van der Waals surface area contributed by atoms with E-state index in [-0.39, 0.29) is 24.5 Å². The molecule has 3 aromatic rings. The summed E-state index contributed by atoms with van der Waals surface area (Å²) in [4.78, 5) is 30.6. The van der Waals surface area contributed by atoms with Crippen LogP contribution in [0.25, 0.3) is 0 Å². The molecule has 0 spiro atoms. The van der Waals surface area contributed by atoms with Gasteiger partial charge >= 0.3 is 6.09 Å². The molecule has 0 bridgehead atoms. The van der Waals surface area contributed by atoms with E-state index in [1.165, 1.54) is 35.5 Å². The van der Waals surface area contributed by atoms with E-state index in [1.54, 1.807) is 39.0 Å². The molecule has 3 heterocycles. The zero-order valence-corrected chi connectivity index (χ0v) is 21.6. The summed E-state index contributed by atoms with van der Waals surface area (Å²) in [5.41, 5.74) is 0.674. The molecule has 1 amide bonds. The third kappa shape index (κ3) is 6.85. The van der Waals surface area contributed by atoms with Crippen LogP contribution in [-0.4, -0.2) is 32.7 Å². The summed E-state index contributed by atoms with van der Waals surface area (Å²) < 4.78 is 42.4. The van der Waals surface area contributed by atoms with Crippen molar-refractivity contribution in [2.24, 2.45) is 0 Å². The van der Waals surface area contributed by atoms with Gasteiger partial charge < -0.3 is 18.9 Å². The molecule has 1 aliphatic heterocycles. The number of alkyl halides is 2. The van der Waals surface area contributed by atoms with E-state index in [0.717, 1.165) is 16.2 Å². The Bertz CT molecular complexity index is 1340. The fourth-order valence-corrected chi connectivity index (χ4v) is 4.04. The van der Waals surface area contributed by atoms with Gasteiger partial charge in [0.05, 0.1) is 17.3 Å². The van der Waals surface area contributed by atoms with Crippen LogP contribution in [0.4, 0.5) is 13.6 Å². The van der Waals surface area contributed by atoms with E-state index in [4.69, 9.17) is 21.1 Å². The van der Waals surface area contributed by atoms with Crippen molar-refractivity contribution < 1.29 is 23.0 Å².